The van der Waals surface area contributed by atoms with Gasteiger partial charge < -0.3 is 5.32 Å². The summed E-state index contributed by atoms with van der Waals surface area (Å²) < 4.78 is 0. The van der Waals surface area contributed by atoms with Gasteiger partial charge in [-0.25, -0.2) is 0 Å². The Balaban J connectivity index is 2.20. The van der Waals surface area contributed by atoms with Gasteiger partial charge in [-0.3, -0.25) is 10.1 Å². The maximum absolute atomic E-state index is 11.0. The molecule has 2 aromatic carbocycles. The van der Waals surface area contributed by atoms with Crippen molar-refractivity contribution in [3.8, 4) is 0 Å². The molecule has 0 radical (unpaired) electrons. The highest BCUT2D eigenvalue weighted by Gasteiger charge is 2.13. The fraction of sp³-hybridized carbons (Fsp3) is 0.143. The molecule has 98 valence electrons. The van der Waals surface area contributed by atoms with Gasteiger partial charge in [-0.1, -0.05) is 35.9 Å². The summed E-state index contributed by atoms with van der Waals surface area (Å²) in [4.78, 5) is 10.5. The molecule has 0 saturated carbocycles. The third kappa shape index (κ3) is 3.23. The highest BCUT2D eigenvalue weighted by Crippen LogP contribution is 2.28. The van der Waals surface area contributed by atoms with Crippen LogP contribution in [0.4, 0.5) is 11.4 Å². The molecule has 0 bridgehead atoms. The van der Waals surface area contributed by atoms with Gasteiger partial charge in [0.15, 0.2) is 0 Å². The Hall–Kier alpha value is -2.07. The minimum Gasteiger partial charge on any atom is -0.375 e. The molecule has 2 aromatic rings. The van der Waals surface area contributed by atoms with Gasteiger partial charge in [-0.2, -0.15) is 0 Å². The van der Waals surface area contributed by atoms with Crippen LogP contribution in [0.1, 0.15) is 11.1 Å². The van der Waals surface area contributed by atoms with Crippen molar-refractivity contribution in [1.29, 1.82) is 0 Å². The lowest BCUT2D eigenvalue weighted by Gasteiger charge is -2.09. The second-order valence-corrected chi connectivity index (χ2v) is 4.64. The number of anilines is 1. The van der Waals surface area contributed by atoms with Gasteiger partial charge >= 0.3 is 0 Å². The zero-order valence-electron chi connectivity index (χ0n) is 10.4. The number of aryl methyl sites for hydroxylation is 1. The highest BCUT2D eigenvalue weighted by molar-refractivity contribution is 6.30. The Kier molecular flexibility index (Phi) is 4.02. The predicted octanol–water partition coefficient (Wildman–Crippen LogP) is 4.17. The lowest BCUT2D eigenvalue weighted by Crippen LogP contribution is -2.03. The molecule has 0 fully saturated rings. The van der Waals surface area contributed by atoms with Gasteiger partial charge in [0.25, 0.3) is 5.69 Å². The molecule has 5 heteroatoms. The Morgan fingerprint density at radius 3 is 2.68 bits per heavy atom. The molecule has 0 amide bonds. The van der Waals surface area contributed by atoms with Crippen molar-refractivity contribution in [2.24, 2.45) is 0 Å². The highest BCUT2D eigenvalue weighted by atomic mass is 35.5. The van der Waals surface area contributed by atoms with Gasteiger partial charge in [0.1, 0.15) is 5.69 Å². The average molecular weight is 277 g/mol. The third-order valence-electron chi connectivity index (χ3n) is 2.89. The van der Waals surface area contributed by atoms with E-state index in [2.05, 4.69) is 5.32 Å². The monoisotopic (exact) mass is 276 g/mol. The van der Waals surface area contributed by atoms with Crippen molar-refractivity contribution in [2.75, 3.05) is 5.32 Å². The fourth-order valence-electron chi connectivity index (χ4n) is 1.80. The maximum Gasteiger partial charge on any atom is 0.293 e. The second kappa shape index (κ2) is 5.71. The molecule has 0 aromatic heterocycles. The second-order valence-electron chi connectivity index (χ2n) is 4.20. The summed E-state index contributed by atoms with van der Waals surface area (Å²) in [5.41, 5.74) is 2.71. The first kappa shape index (κ1) is 13.4. The number of halogens is 1. The normalized spacial score (nSPS) is 10.2. The number of hydrogen-bond donors (Lipinski definition) is 1. The molecule has 0 saturated heterocycles. The Morgan fingerprint density at radius 1 is 1.26 bits per heavy atom. The smallest absolute Gasteiger partial charge is 0.293 e. The summed E-state index contributed by atoms with van der Waals surface area (Å²) in [6.45, 7) is 2.54. The SMILES string of the molecule is Cc1ccccc1CNc1ccc(Cl)cc1[N+](=O)[O-]. The van der Waals surface area contributed by atoms with Crippen LogP contribution in [0.2, 0.25) is 5.02 Å². The number of nitro benzene ring substituents is 1. The summed E-state index contributed by atoms with van der Waals surface area (Å²) >= 11 is 5.77. The number of nitrogens with one attached hydrogen (secondary N) is 1. The van der Waals surface area contributed by atoms with E-state index in [1.165, 1.54) is 6.07 Å². The van der Waals surface area contributed by atoms with E-state index in [1.807, 2.05) is 31.2 Å². The van der Waals surface area contributed by atoms with E-state index in [1.54, 1.807) is 12.1 Å². The van der Waals surface area contributed by atoms with Crippen LogP contribution in [0.25, 0.3) is 0 Å². The molecular formula is C14H13ClN2O2. The van der Waals surface area contributed by atoms with E-state index < -0.39 is 4.92 Å². The van der Waals surface area contributed by atoms with E-state index >= 15 is 0 Å². The summed E-state index contributed by atoms with van der Waals surface area (Å²) in [5, 5.41) is 14.4. The van der Waals surface area contributed by atoms with Gasteiger partial charge in [0.05, 0.1) is 4.92 Å². The van der Waals surface area contributed by atoms with Gasteiger partial charge in [-0.05, 0) is 30.2 Å². The van der Waals surface area contributed by atoms with Crippen molar-refractivity contribution in [3.05, 3.63) is 68.7 Å². The van der Waals surface area contributed by atoms with Crippen molar-refractivity contribution in [1.82, 2.24) is 0 Å². The molecule has 4 nitrogen and oxygen atoms in total. The summed E-state index contributed by atoms with van der Waals surface area (Å²) in [7, 11) is 0. The van der Waals surface area contributed by atoms with Gasteiger partial charge in [-0.15, -0.1) is 0 Å². The molecule has 0 aliphatic heterocycles. The zero-order chi connectivity index (χ0) is 13.8. The Bertz CT molecular complexity index is 614. The van der Waals surface area contributed by atoms with Crippen LogP contribution in [0, 0.1) is 17.0 Å². The number of nitrogens with zero attached hydrogens (tertiary/aromatic N) is 1. The van der Waals surface area contributed by atoms with E-state index in [4.69, 9.17) is 11.6 Å². The summed E-state index contributed by atoms with van der Waals surface area (Å²) in [6.07, 6.45) is 0. The quantitative estimate of drug-likeness (QED) is 0.673. The van der Waals surface area contributed by atoms with Gasteiger partial charge in [0.2, 0.25) is 0 Å². The standard InChI is InChI=1S/C14H13ClN2O2/c1-10-4-2-3-5-11(10)9-16-13-7-6-12(15)8-14(13)17(18)19/h2-8,16H,9H2,1H3. The lowest BCUT2D eigenvalue weighted by atomic mass is 10.1. The Labute approximate surface area is 116 Å². The summed E-state index contributed by atoms with van der Waals surface area (Å²) in [5.74, 6) is 0. The predicted molar refractivity (Wildman–Crippen MR) is 76.6 cm³/mol. The zero-order valence-corrected chi connectivity index (χ0v) is 11.1. The fourth-order valence-corrected chi connectivity index (χ4v) is 1.97. The first-order valence-electron chi connectivity index (χ1n) is 5.80. The number of nitro groups is 1. The number of benzene rings is 2. The molecule has 0 unspecified atom stereocenters. The molecule has 0 spiro atoms. The first-order valence-corrected chi connectivity index (χ1v) is 6.18. The van der Waals surface area contributed by atoms with Crippen LogP contribution < -0.4 is 5.32 Å². The van der Waals surface area contributed by atoms with Crippen LogP contribution in [-0.2, 0) is 6.54 Å². The van der Waals surface area contributed by atoms with Crippen LogP contribution in [0.15, 0.2) is 42.5 Å². The first-order chi connectivity index (χ1) is 9.08. The van der Waals surface area contributed by atoms with E-state index in [-0.39, 0.29) is 5.69 Å². The van der Waals surface area contributed by atoms with Gasteiger partial charge in [0, 0.05) is 17.6 Å². The molecule has 0 heterocycles. The molecule has 0 atom stereocenters. The molecule has 19 heavy (non-hydrogen) atoms. The van der Waals surface area contributed by atoms with E-state index in [0.717, 1.165) is 11.1 Å². The number of hydrogen-bond acceptors (Lipinski definition) is 3. The number of rotatable bonds is 4. The van der Waals surface area contributed by atoms with Crippen LogP contribution in [-0.4, -0.2) is 4.92 Å². The van der Waals surface area contributed by atoms with Crippen molar-refractivity contribution in [2.45, 2.75) is 13.5 Å². The molecular weight excluding hydrogens is 264 g/mol. The van der Waals surface area contributed by atoms with Crippen LogP contribution in [0.3, 0.4) is 0 Å². The maximum atomic E-state index is 11.0. The molecule has 0 aliphatic rings. The van der Waals surface area contributed by atoms with Crippen molar-refractivity contribution < 1.29 is 4.92 Å². The van der Waals surface area contributed by atoms with E-state index in [0.29, 0.717) is 17.3 Å². The topological polar surface area (TPSA) is 55.2 Å². The van der Waals surface area contributed by atoms with Crippen LogP contribution >= 0.6 is 11.6 Å². The molecule has 0 aliphatic carbocycles. The molecule has 2 rings (SSSR count). The van der Waals surface area contributed by atoms with Crippen LogP contribution in [0.5, 0.6) is 0 Å². The average Bonchev–Trinajstić information content (AvgIpc) is 2.38. The largest absolute Gasteiger partial charge is 0.375 e. The van der Waals surface area contributed by atoms with E-state index in [9.17, 15) is 10.1 Å². The van der Waals surface area contributed by atoms with Crippen molar-refractivity contribution in [3.63, 3.8) is 0 Å². The minimum absolute atomic E-state index is 0.0129. The minimum atomic E-state index is -0.438. The summed E-state index contributed by atoms with van der Waals surface area (Å²) in [6, 6.07) is 12.5. The van der Waals surface area contributed by atoms with Crippen molar-refractivity contribution >= 4 is 23.0 Å². The Morgan fingerprint density at radius 2 is 2.00 bits per heavy atom. The lowest BCUT2D eigenvalue weighted by molar-refractivity contribution is -0.383. The third-order valence-corrected chi connectivity index (χ3v) is 3.12. The molecule has 1 N–H and O–H groups in total.